The lowest BCUT2D eigenvalue weighted by atomic mass is 9.43. The first kappa shape index (κ1) is 26.4. The van der Waals surface area contributed by atoms with Crippen molar-refractivity contribution in [3.05, 3.63) is 22.8 Å². The molecular weight excluding hydrogens is 436 g/mol. The number of rotatable bonds is 5. The van der Waals surface area contributed by atoms with Gasteiger partial charge in [0, 0.05) is 34.8 Å². The highest BCUT2D eigenvalue weighted by atomic mass is 16.5. The monoisotopic (exact) mass is 482 g/mol. The summed E-state index contributed by atoms with van der Waals surface area (Å²) in [7, 11) is 1.43. The predicted octanol–water partition coefficient (Wildman–Crippen LogP) is 7.02. The van der Waals surface area contributed by atoms with Gasteiger partial charge < -0.3 is 4.74 Å². The molecule has 0 aliphatic heterocycles. The van der Waals surface area contributed by atoms with Crippen molar-refractivity contribution in [3.8, 4) is 0 Å². The zero-order valence-corrected chi connectivity index (χ0v) is 23.3. The van der Waals surface area contributed by atoms with Crippen LogP contribution in [-0.2, 0) is 19.1 Å². The zero-order valence-electron chi connectivity index (χ0n) is 23.3. The molecule has 4 heteroatoms. The van der Waals surface area contributed by atoms with E-state index < -0.39 is 5.41 Å². The molecule has 6 atom stereocenters. The molecule has 0 N–H and O–H groups in total. The molecule has 194 valence electrons. The first-order valence-electron chi connectivity index (χ1n) is 13.8. The van der Waals surface area contributed by atoms with Gasteiger partial charge in [0.15, 0.2) is 5.78 Å². The number of Topliss-reactive ketones (excluding diaryl/α,β-unsaturated/α-hetero) is 2. The van der Waals surface area contributed by atoms with Gasteiger partial charge in [-0.15, -0.1) is 0 Å². The summed E-state index contributed by atoms with van der Waals surface area (Å²) in [5, 5.41) is 0. The second-order valence-electron chi connectivity index (χ2n) is 13.4. The van der Waals surface area contributed by atoms with Crippen LogP contribution < -0.4 is 0 Å². The number of esters is 1. The smallest absolute Gasteiger partial charge is 0.333 e. The van der Waals surface area contributed by atoms with Crippen LogP contribution in [0, 0.1) is 39.4 Å². The van der Waals surface area contributed by atoms with Gasteiger partial charge in [-0.25, -0.2) is 4.79 Å². The standard InChI is InChI=1S/C31H46O4/c1-19(10-9-11-20(2)27(34)35-8)21-12-17-31(7)26-22(13-16-30(21,31)6)29(5)15-14-25(33)28(3,4)24(29)18-23(26)32/h11,19,21,24H,9-10,12-18H2,1-8H3/b20-11+/t19-,21-,24+,29-,30-,31+/m1/s1. The Morgan fingerprint density at radius 2 is 1.77 bits per heavy atom. The normalized spacial score (nSPS) is 39.6. The third kappa shape index (κ3) is 3.72. The first-order chi connectivity index (χ1) is 16.2. The van der Waals surface area contributed by atoms with Crippen LogP contribution >= 0.6 is 0 Å². The summed E-state index contributed by atoms with van der Waals surface area (Å²) in [5.74, 6) is 1.62. The summed E-state index contributed by atoms with van der Waals surface area (Å²) in [6, 6.07) is 0. The molecular formula is C31H46O4. The van der Waals surface area contributed by atoms with E-state index in [1.54, 1.807) is 0 Å². The molecule has 0 radical (unpaired) electrons. The molecule has 35 heavy (non-hydrogen) atoms. The van der Waals surface area contributed by atoms with Crippen LogP contribution in [0.25, 0.3) is 0 Å². The molecule has 4 rings (SSSR count). The summed E-state index contributed by atoms with van der Waals surface area (Å²) in [5.41, 5.74) is 2.80. The molecule has 0 bridgehead atoms. The number of carbonyl (C=O) groups excluding carboxylic acids is 3. The van der Waals surface area contributed by atoms with Crippen LogP contribution in [0.5, 0.6) is 0 Å². The molecule has 0 amide bonds. The number of hydrogen-bond acceptors (Lipinski definition) is 4. The van der Waals surface area contributed by atoms with Gasteiger partial charge in [0.25, 0.3) is 0 Å². The summed E-state index contributed by atoms with van der Waals surface area (Å²) in [4.78, 5) is 38.5. The topological polar surface area (TPSA) is 60.4 Å². The Kier molecular flexibility index (Phi) is 6.55. The fourth-order valence-electron chi connectivity index (χ4n) is 9.13. The largest absolute Gasteiger partial charge is 0.466 e. The van der Waals surface area contributed by atoms with Gasteiger partial charge in [0.2, 0.25) is 0 Å². The summed E-state index contributed by atoms with van der Waals surface area (Å²) < 4.78 is 4.83. The second-order valence-corrected chi connectivity index (χ2v) is 13.4. The Balaban J connectivity index is 1.63. The highest BCUT2D eigenvalue weighted by molar-refractivity contribution is 6.00. The number of allylic oxidation sites excluding steroid dienone is 3. The van der Waals surface area contributed by atoms with Crippen LogP contribution in [0.4, 0.5) is 0 Å². The molecule has 0 saturated heterocycles. The van der Waals surface area contributed by atoms with E-state index in [4.69, 9.17) is 4.74 Å². The molecule has 4 aliphatic carbocycles. The maximum absolute atomic E-state index is 13.9. The van der Waals surface area contributed by atoms with Crippen LogP contribution in [-0.4, -0.2) is 24.6 Å². The quantitative estimate of drug-likeness (QED) is 0.312. The van der Waals surface area contributed by atoms with E-state index in [0.29, 0.717) is 41.8 Å². The summed E-state index contributed by atoms with van der Waals surface area (Å²) in [6.45, 7) is 15.5. The lowest BCUT2D eigenvalue weighted by molar-refractivity contribution is -0.142. The summed E-state index contributed by atoms with van der Waals surface area (Å²) in [6.07, 6.45) is 10.3. The van der Waals surface area contributed by atoms with Crippen LogP contribution in [0.15, 0.2) is 22.8 Å². The number of methoxy groups -OCH3 is 1. The number of fused-ring (bicyclic) bond motifs is 4. The highest BCUT2D eigenvalue weighted by Gasteiger charge is 2.65. The first-order valence-corrected chi connectivity index (χ1v) is 13.8. The molecule has 4 aliphatic rings. The second kappa shape index (κ2) is 8.70. The van der Waals surface area contributed by atoms with Crippen LogP contribution in [0.1, 0.15) is 106 Å². The summed E-state index contributed by atoms with van der Waals surface area (Å²) >= 11 is 0. The van der Waals surface area contributed by atoms with Gasteiger partial charge in [0.1, 0.15) is 5.78 Å². The Hall–Kier alpha value is -1.71. The lowest BCUT2D eigenvalue weighted by Crippen LogP contribution is -2.56. The van der Waals surface area contributed by atoms with Crippen molar-refractivity contribution in [2.75, 3.05) is 7.11 Å². The van der Waals surface area contributed by atoms with Crippen LogP contribution in [0.3, 0.4) is 0 Å². The highest BCUT2D eigenvalue weighted by Crippen LogP contribution is 2.71. The Bertz CT molecular complexity index is 999. The number of carbonyl (C=O) groups is 3. The molecule has 0 spiro atoms. The Labute approximate surface area is 212 Å². The number of ether oxygens (including phenoxy) is 1. The number of ketones is 2. The number of hydrogen-bond donors (Lipinski definition) is 0. The molecule has 2 fully saturated rings. The fraction of sp³-hybridized carbons (Fsp3) is 0.774. The lowest BCUT2D eigenvalue weighted by Gasteiger charge is -2.60. The molecule has 0 unspecified atom stereocenters. The van der Waals surface area contributed by atoms with Crippen molar-refractivity contribution in [2.24, 2.45) is 39.4 Å². The minimum Gasteiger partial charge on any atom is -0.466 e. The van der Waals surface area contributed by atoms with Crippen molar-refractivity contribution in [1.29, 1.82) is 0 Å². The third-order valence-electron chi connectivity index (χ3n) is 11.6. The molecule has 0 aromatic carbocycles. The van der Waals surface area contributed by atoms with Crippen molar-refractivity contribution >= 4 is 17.5 Å². The van der Waals surface area contributed by atoms with Crippen molar-refractivity contribution in [2.45, 2.75) is 106 Å². The minimum absolute atomic E-state index is 0.0368. The average molecular weight is 483 g/mol. The Morgan fingerprint density at radius 3 is 2.43 bits per heavy atom. The van der Waals surface area contributed by atoms with Crippen molar-refractivity contribution < 1.29 is 19.1 Å². The van der Waals surface area contributed by atoms with E-state index in [2.05, 4.69) is 41.5 Å². The zero-order chi connectivity index (χ0) is 26.0. The van der Waals surface area contributed by atoms with Crippen molar-refractivity contribution in [3.63, 3.8) is 0 Å². The van der Waals surface area contributed by atoms with E-state index in [0.717, 1.165) is 50.5 Å². The predicted molar refractivity (Wildman–Crippen MR) is 139 cm³/mol. The maximum Gasteiger partial charge on any atom is 0.333 e. The fourth-order valence-corrected chi connectivity index (χ4v) is 9.13. The SMILES string of the molecule is COC(=O)/C(C)=C/CC[C@@H](C)[C@H]1CC[C@@]2(C)C3=C(CC[C@]12C)[C@@]1(C)CCC(=O)C(C)(C)[C@@H]1CC3=O. The molecule has 0 aromatic heterocycles. The van der Waals surface area contributed by atoms with Gasteiger partial charge in [-0.2, -0.15) is 0 Å². The van der Waals surface area contributed by atoms with Gasteiger partial charge in [-0.05, 0) is 80.5 Å². The van der Waals surface area contributed by atoms with Gasteiger partial charge in [-0.1, -0.05) is 53.2 Å². The van der Waals surface area contributed by atoms with E-state index in [9.17, 15) is 14.4 Å². The van der Waals surface area contributed by atoms with E-state index in [-0.39, 0.29) is 28.1 Å². The van der Waals surface area contributed by atoms with Crippen LogP contribution in [0.2, 0.25) is 0 Å². The molecule has 0 aromatic rings. The minimum atomic E-state index is -0.425. The maximum atomic E-state index is 13.9. The van der Waals surface area contributed by atoms with E-state index >= 15 is 0 Å². The average Bonchev–Trinajstić information content (AvgIpc) is 3.08. The van der Waals surface area contributed by atoms with Crippen molar-refractivity contribution in [1.82, 2.24) is 0 Å². The van der Waals surface area contributed by atoms with E-state index in [1.165, 1.54) is 12.7 Å². The van der Waals surface area contributed by atoms with Gasteiger partial charge >= 0.3 is 5.97 Å². The van der Waals surface area contributed by atoms with Gasteiger partial charge in [0.05, 0.1) is 7.11 Å². The van der Waals surface area contributed by atoms with Gasteiger partial charge in [-0.3, -0.25) is 9.59 Å². The molecule has 2 saturated carbocycles. The molecule has 4 nitrogen and oxygen atoms in total. The third-order valence-corrected chi connectivity index (χ3v) is 11.6. The van der Waals surface area contributed by atoms with E-state index in [1.807, 2.05) is 13.0 Å². The molecule has 0 heterocycles. The Morgan fingerprint density at radius 1 is 1.09 bits per heavy atom.